The molecule has 2 nitrogen and oxygen atoms in total. The maximum absolute atomic E-state index is 11.4. The molecule has 0 amide bonds. The lowest BCUT2D eigenvalue weighted by atomic mass is 10.1. The molecule has 0 N–H and O–H groups in total. The molecular formula is C10H10Br2O2. The van der Waals surface area contributed by atoms with E-state index in [1.165, 1.54) is 7.11 Å². The van der Waals surface area contributed by atoms with Gasteiger partial charge in [0.25, 0.3) is 0 Å². The number of esters is 1. The molecule has 0 spiro atoms. The van der Waals surface area contributed by atoms with Crippen LogP contribution < -0.4 is 0 Å². The van der Waals surface area contributed by atoms with Gasteiger partial charge in [0.05, 0.1) is 12.7 Å². The van der Waals surface area contributed by atoms with E-state index in [4.69, 9.17) is 4.74 Å². The van der Waals surface area contributed by atoms with Crippen LogP contribution in [0.4, 0.5) is 0 Å². The molecule has 0 atom stereocenters. The molecule has 0 saturated carbocycles. The second-order valence-electron chi connectivity index (χ2n) is 2.88. The number of ether oxygens (including phenoxy) is 1. The van der Waals surface area contributed by atoms with Gasteiger partial charge in [0.1, 0.15) is 0 Å². The smallest absolute Gasteiger partial charge is 0.338 e. The molecule has 1 aromatic rings. The lowest BCUT2D eigenvalue weighted by Gasteiger charge is -2.08. The predicted octanol–water partition coefficient (Wildman–Crippen LogP) is 3.44. The Hall–Kier alpha value is -0.350. The van der Waals surface area contributed by atoms with Gasteiger partial charge >= 0.3 is 5.97 Å². The molecular weight excluding hydrogens is 312 g/mol. The Morgan fingerprint density at radius 3 is 2.64 bits per heavy atom. The number of carbonyl (C=O) groups is 1. The molecule has 0 saturated heterocycles. The number of halogens is 2. The lowest BCUT2D eigenvalue weighted by Crippen LogP contribution is -2.05. The Kier molecular flexibility index (Phi) is 4.13. The number of benzene rings is 1. The van der Waals surface area contributed by atoms with Gasteiger partial charge in [-0.25, -0.2) is 4.79 Å². The van der Waals surface area contributed by atoms with E-state index in [1.807, 2.05) is 13.0 Å². The number of alkyl halides is 1. The topological polar surface area (TPSA) is 26.3 Å². The van der Waals surface area contributed by atoms with E-state index in [2.05, 4.69) is 31.9 Å². The Balaban J connectivity index is 3.27. The standard InChI is InChI=1S/C10H10Br2O2/c1-6-3-7(5-11)8(4-9(6)12)10(13)14-2/h3-4H,5H2,1-2H3. The monoisotopic (exact) mass is 320 g/mol. The highest BCUT2D eigenvalue weighted by Crippen LogP contribution is 2.23. The highest BCUT2D eigenvalue weighted by Gasteiger charge is 2.12. The van der Waals surface area contributed by atoms with Crippen molar-refractivity contribution in [2.75, 3.05) is 7.11 Å². The zero-order chi connectivity index (χ0) is 10.7. The summed E-state index contributed by atoms with van der Waals surface area (Å²) in [4.78, 5) is 11.4. The predicted molar refractivity (Wildman–Crippen MR) is 62.8 cm³/mol. The van der Waals surface area contributed by atoms with Gasteiger partial charge in [0, 0.05) is 9.80 Å². The minimum absolute atomic E-state index is 0.305. The zero-order valence-corrected chi connectivity index (χ0v) is 11.1. The molecule has 0 heterocycles. The first-order valence-electron chi connectivity index (χ1n) is 4.03. The molecule has 0 unspecified atom stereocenters. The van der Waals surface area contributed by atoms with E-state index in [0.717, 1.165) is 15.6 Å². The summed E-state index contributed by atoms with van der Waals surface area (Å²) in [5.41, 5.74) is 2.64. The minimum atomic E-state index is -0.305. The number of aryl methyl sites for hydroxylation is 1. The Morgan fingerprint density at radius 1 is 1.50 bits per heavy atom. The van der Waals surface area contributed by atoms with E-state index in [1.54, 1.807) is 6.07 Å². The minimum Gasteiger partial charge on any atom is -0.465 e. The Labute approximate surface area is 99.9 Å². The molecule has 0 aliphatic carbocycles. The van der Waals surface area contributed by atoms with Crippen LogP contribution in [-0.4, -0.2) is 13.1 Å². The number of hydrogen-bond donors (Lipinski definition) is 0. The van der Waals surface area contributed by atoms with Crippen molar-refractivity contribution in [2.45, 2.75) is 12.3 Å². The van der Waals surface area contributed by atoms with Gasteiger partial charge in [0.15, 0.2) is 0 Å². The fourth-order valence-corrected chi connectivity index (χ4v) is 1.96. The van der Waals surface area contributed by atoms with Gasteiger partial charge in [-0.15, -0.1) is 0 Å². The van der Waals surface area contributed by atoms with Crippen LogP contribution in [0.15, 0.2) is 16.6 Å². The first-order chi connectivity index (χ1) is 6.60. The molecule has 0 radical (unpaired) electrons. The maximum atomic E-state index is 11.4. The SMILES string of the molecule is COC(=O)c1cc(Br)c(C)cc1CBr. The van der Waals surface area contributed by atoms with Gasteiger partial charge in [-0.05, 0) is 24.1 Å². The van der Waals surface area contributed by atoms with E-state index in [0.29, 0.717) is 10.9 Å². The quantitative estimate of drug-likeness (QED) is 0.616. The van der Waals surface area contributed by atoms with Crippen molar-refractivity contribution in [1.29, 1.82) is 0 Å². The second kappa shape index (κ2) is 4.94. The zero-order valence-electron chi connectivity index (χ0n) is 7.93. The highest BCUT2D eigenvalue weighted by atomic mass is 79.9. The molecule has 76 valence electrons. The number of rotatable bonds is 2. The molecule has 0 bridgehead atoms. The summed E-state index contributed by atoms with van der Waals surface area (Å²) >= 11 is 6.73. The van der Waals surface area contributed by atoms with Crippen molar-refractivity contribution in [3.8, 4) is 0 Å². The maximum Gasteiger partial charge on any atom is 0.338 e. The largest absolute Gasteiger partial charge is 0.465 e. The van der Waals surface area contributed by atoms with Crippen molar-refractivity contribution in [2.24, 2.45) is 0 Å². The Bertz CT molecular complexity index is 361. The van der Waals surface area contributed by atoms with Crippen molar-refractivity contribution in [1.82, 2.24) is 0 Å². The van der Waals surface area contributed by atoms with Gasteiger partial charge in [0.2, 0.25) is 0 Å². The fourth-order valence-electron chi connectivity index (χ4n) is 1.15. The first-order valence-corrected chi connectivity index (χ1v) is 5.95. The average Bonchev–Trinajstić information content (AvgIpc) is 2.20. The van der Waals surface area contributed by atoms with Gasteiger partial charge < -0.3 is 4.74 Å². The third-order valence-electron chi connectivity index (χ3n) is 1.93. The molecule has 1 aromatic carbocycles. The van der Waals surface area contributed by atoms with Crippen molar-refractivity contribution in [3.05, 3.63) is 33.3 Å². The van der Waals surface area contributed by atoms with Crippen LogP contribution in [0.5, 0.6) is 0 Å². The van der Waals surface area contributed by atoms with Crippen LogP contribution in [-0.2, 0) is 10.1 Å². The molecule has 4 heteroatoms. The van der Waals surface area contributed by atoms with Crippen LogP contribution in [0.1, 0.15) is 21.5 Å². The van der Waals surface area contributed by atoms with E-state index >= 15 is 0 Å². The summed E-state index contributed by atoms with van der Waals surface area (Å²) in [6, 6.07) is 3.75. The molecule has 1 rings (SSSR count). The van der Waals surface area contributed by atoms with Crippen molar-refractivity contribution < 1.29 is 9.53 Å². The third-order valence-corrected chi connectivity index (χ3v) is 3.39. The lowest BCUT2D eigenvalue weighted by molar-refractivity contribution is 0.0600. The van der Waals surface area contributed by atoms with Gasteiger partial charge in [-0.3, -0.25) is 0 Å². The summed E-state index contributed by atoms with van der Waals surface area (Å²) in [5.74, 6) is -0.305. The molecule has 0 aromatic heterocycles. The molecule has 0 fully saturated rings. The van der Waals surface area contributed by atoms with Gasteiger partial charge in [-0.2, -0.15) is 0 Å². The summed E-state index contributed by atoms with van der Waals surface area (Å²) in [6.07, 6.45) is 0. The van der Waals surface area contributed by atoms with E-state index in [9.17, 15) is 4.79 Å². The third kappa shape index (κ3) is 2.36. The summed E-state index contributed by atoms with van der Waals surface area (Å²) < 4.78 is 5.61. The fraction of sp³-hybridized carbons (Fsp3) is 0.300. The van der Waals surface area contributed by atoms with Crippen LogP contribution in [0.25, 0.3) is 0 Å². The van der Waals surface area contributed by atoms with E-state index in [-0.39, 0.29) is 5.97 Å². The number of hydrogen-bond acceptors (Lipinski definition) is 2. The van der Waals surface area contributed by atoms with Gasteiger partial charge in [-0.1, -0.05) is 37.9 Å². The number of carbonyl (C=O) groups excluding carboxylic acids is 1. The number of methoxy groups -OCH3 is 1. The van der Waals surface area contributed by atoms with Crippen LogP contribution in [0.2, 0.25) is 0 Å². The van der Waals surface area contributed by atoms with Crippen LogP contribution in [0.3, 0.4) is 0 Å². The van der Waals surface area contributed by atoms with E-state index < -0.39 is 0 Å². The summed E-state index contributed by atoms with van der Waals surface area (Å²) in [5, 5.41) is 0.644. The first kappa shape index (κ1) is 11.7. The van der Waals surface area contributed by atoms with Crippen LogP contribution >= 0.6 is 31.9 Å². The van der Waals surface area contributed by atoms with Crippen molar-refractivity contribution in [3.63, 3.8) is 0 Å². The second-order valence-corrected chi connectivity index (χ2v) is 4.30. The Morgan fingerprint density at radius 2 is 2.14 bits per heavy atom. The molecule has 0 aliphatic rings. The molecule has 14 heavy (non-hydrogen) atoms. The normalized spacial score (nSPS) is 10.0. The summed E-state index contributed by atoms with van der Waals surface area (Å²) in [6.45, 7) is 1.98. The highest BCUT2D eigenvalue weighted by molar-refractivity contribution is 9.10. The summed E-state index contributed by atoms with van der Waals surface area (Å²) in [7, 11) is 1.38. The van der Waals surface area contributed by atoms with Crippen molar-refractivity contribution >= 4 is 37.8 Å². The van der Waals surface area contributed by atoms with Crippen LogP contribution in [0, 0.1) is 6.92 Å². The molecule has 0 aliphatic heterocycles. The average molecular weight is 322 g/mol.